The lowest BCUT2D eigenvalue weighted by molar-refractivity contribution is -0.123. The Labute approximate surface area is 185 Å². The summed E-state index contributed by atoms with van der Waals surface area (Å²) in [4.78, 5) is 14.8. The minimum atomic E-state index is -0.440. The van der Waals surface area contributed by atoms with E-state index in [1.807, 2.05) is 56.3 Å². The minimum absolute atomic E-state index is 0.00347. The van der Waals surface area contributed by atoms with Crippen molar-refractivity contribution in [3.05, 3.63) is 59.2 Å². The molecule has 6 heteroatoms. The number of likely N-dealkylation sites (tertiary alicyclic amines) is 1. The fourth-order valence-electron chi connectivity index (χ4n) is 4.38. The van der Waals surface area contributed by atoms with Crippen molar-refractivity contribution in [3.63, 3.8) is 0 Å². The van der Waals surface area contributed by atoms with Crippen molar-refractivity contribution >= 4 is 5.91 Å². The van der Waals surface area contributed by atoms with Gasteiger partial charge in [-0.25, -0.2) is 0 Å². The Morgan fingerprint density at radius 2 is 1.74 bits per heavy atom. The fourth-order valence-corrected chi connectivity index (χ4v) is 4.38. The molecule has 6 nitrogen and oxygen atoms in total. The van der Waals surface area contributed by atoms with Gasteiger partial charge in [0.05, 0.1) is 32.9 Å². The van der Waals surface area contributed by atoms with Gasteiger partial charge < -0.3 is 19.9 Å². The maximum Gasteiger partial charge on any atom is 0.234 e. The average molecular weight is 427 g/mol. The van der Waals surface area contributed by atoms with Crippen LogP contribution in [0.15, 0.2) is 42.5 Å². The second-order valence-corrected chi connectivity index (χ2v) is 8.32. The molecule has 1 aliphatic heterocycles. The Balaban J connectivity index is 1.51. The summed E-state index contributed by atoms with van der Waals surface area (Å²) in [6, 6.07) is 13.5. The molecule has 0 radical (unpaired) electrons. The van der Waals surface area contributed by atoms with E-state index in [1.54, 1.807) is 14.2 Å². The Morgan fingerprint density at radius 3 is 2.35 bits per heavy atom. The highest BCUT2D eigenvalue weighted by Crippen LogP contribution is 2.33. The second kappa shape index (κ2) is 10.6. The molecule has 2 aromatic rings. The van der Waals surface area contributed by atoms with Crippen molar-refractivity contribution in [2.75, 3.05) is 33.9 Å². The van der Waals surface area contributed by atoms with Gasteiger partial charge in [-0.2, -0.15) is 0 Å². The number of nitrogens with one attached hydrogen (secondary N) is 1. The number of ether oxygens (including phenoxy) is 2. The highest BCUT2D eigenvalue weighted by Gasteiger charge is 2.27. The van der Waals surface area contributed by atoms with Gasteiger partial charge in [0.25, 0.3) is 0 Å². The third-order valence-electron chi connectivity index (χ3n) is 6.20. The lowest BCUT2D eigenvalue weighted by Crippen LogP contribution is -2.42. The second-order valence-electron chi connectivity index (χ2n) is 8.32. The summed E-state index contributed by atoms with van der Waals surface area (Å²) in [5.74, 6) is 1.57. The van der Waals surface area contributed by atoms with Crippen LogP contribution in [0.1, 0.15) is 48.6 Å². The van der Waals surface area contributed by atoms with Crippen LogP contribution in [0.3, 0.4) is 0 Å². The molecule has 0 spiro atoms. The monoisotopic (exact) mass is 426 g/mol. The zero-order valence-electron chi connectivity index (χ0n) is 18.9. The number of benzene rings is 2. The number of nitrogens with zero attached hydrogens (tertiary/aromatic N) is 1. The highest BCUT2D eigenvalue weighted by atomic mass is 16.5. The van der Waals surface area contributed by atoms with E-state index < -0.39 is 6.10 Å². The molecule has 0 saturated carbocycles. The Morgan fingerprint density at radius 1 is 1.13 bits per heavy atom. The standard InChI is InChI=1S/C25H34N2O4/c1-17-14-22(30-3)23(31-4)15-21(17)18(2)26-24(28)16-27-12-10-20(11-13-27)25(29)19-8-6-5-7-9-19/h5-9,14-15,18,20,25,29H,10-13,16H2,1-4H3,(H,26,28). The van der Waals surface area contributed by atoms with Gasteiger partial charge in [-0.3, -0.25) is 9.69 Å². The number of methoxy groups -OCH3 is 2. The number of carbonyl (C=O) groups excluding carboxylic acids is 1. The van der Waals surface area contributed by atoms with Crippen LogP contribution < -0.4 is 14.8 Å². The van der Waals surface area contributed by atoms with E-state index in [2.05, 4.69) is 10.2 Å². The molecule has 0 aromatic heterocycles. The molecule has 1 saturated heterocycles. The van der Waals surface area contributed by atoms with Crippen molar-refractivity contribution in [2.45, 2.75) is 38.8 Å². The summed E-state index contributed by atoms with van der Waals surface area (Å²) in [6.45, 7) is 5.97. The molecule has 168 valence electrons. The molecule has 1 amide bonds. The number of carbonyl (C=O) groups is 1. The van der Waals surface area contributed by atoms with Crippen molar-refractivity contribution in [1.29, 1.82) is 0 Å². The van der Waals surface area contributed by atoms with E-state index in [1.165, 1.54) is 0 Å². The Bertz CT molecular complexity index is 863. The predicted molar refractivity (Wildman–Crippen MR) is 121 cm³/mol. The van der Waals surface area contributed by atoms with Gasteiger partial charge in [-0.15, -0.1) is 0 Å². The first kappa shape index (κ1) is 23.1. The Kier molecular flexibility index (Phi) is 7.93. The van der Waals surface area contributed by atoms with E-state index in [4.69, 9.17) is 9.47 Å². The quantitative estimate of drug-likeness (QED) is 0.674. The first-order chi connectivity index (χ1) is 14.9. The summed E-state index contributed by atoms with van der Waals surface area (Å²) < 4.78 is 10.8. The van der Waals surface area contributed by atoms with Crippen LogP contribution in [0, 0.1) is 12.8 Å². The molecular formula is C25H34N2O4. The summed E-state index contributed by atoms with van der Waals surface area (Å²) in [5, 5.41) is 13.8. The van der Waals surface area contributed by atoms with Crippen molar-refractivity contribution in [1.82, 2.24) is 10.2 Å². The summed E-state index contributed by atoms with van der Waals surface area (Å²) in [7, 11) is 3.22. The molecule has 0 aliphatic carbocycles. The molecule has 2 atom stereocenters. The number of rotatable bonds is 8. The van der Waals surface area contributed by atoms with Gasteiger partial charge in [0, 0.05) is 0 Å². The highest BCUT2D eigenvalue weighted by molar-refractivity contribution is 5.78. The number of aliphatic hydroxyl groups excluding tert-OH is 1. The van der Waals surface area contributed by atoms with E-state index >= 15 is 0 Å². The van der Waals surface area contributed by atoms with Crippen molar-refractivity contribution < 1.29 is 19.4 Å². The lowest BCUT2D eigenvalue weighted by Gasteiger charge is -2.34. The van der Waals surface area contributed by atoms with Crippen LogP contribution in [0.2, 0.25) is 0 Å². The van der Waals surface area contributed by atoms with Crippen LogP contribution in [-0.4, -0.2) is 49.8 Å². The van der Waals surface area contributed by atoms with Gasteiger partial charge in [-0.05, 0) is 74.5 Å². The van der Waals surface area contributed by atoms with Crippen LogP contribution in [-0.2, 0) is 4.79 Å². The number of hydrogen-bond acceptors (Lipinski definition) is 5. The normalized spacial score (nSPS) is 17.1. The number of amides is 1. The number of piperidine rings is 1. The maximum absolute atomic E-state index is 12.7. The molecule has 31 heavy (non-hydrogen) atoms. The fraction of sp³-hybridized carbons (Fsp3) is 0.480. The van der Waals surface area contributed by atoms with Gasteiger partial charge in [0.1, 0.15) is 0 Å². The third-order valence-corrected chi connectivity index (χ3v) is 6.20. The molecule has 1 fully saturated rings. The maximum atomic E-state index is 12.7. The van der Waals surface area contributed by atoms with Crippen LogP contribution in [0.4, 0.5) is 0 Å². The van der Waals surface area contributed by atoms with Crippen molar-refractivity contribution in [3.8, 4) is 11.5 Å². The number of aliphatic hydroxyl groups is 1. The molecule has 1 heterocycles. The van der Waals surface area contributed by atoms with Crippen LogP contribution in [0.25, 0.3) is 0 Å². The largest absolute Gasteiger partial charge is 0.493 e. The van der Waals surface area contributed by atoms with Gasteiger partial charge in [0.2, 0.25) is 5.91 Å². The zero-order chi connectivity index (χ0) is 22.4. The first-order valence-electron chi connectivity index (χ1n) is 10.9. The van der Waals surface area contributed by atoms with Gasteiger partial charge >= 0.3 is 0 Å². The van der Waals surface area contributed by atoms with Crippen molar-refractivity contribution in [2.24, 2.45) is 5.92 Å². The smallest absolute Gasteiger partial charge is 0.234 e. The predicted octanol–water partition coefficient (Wildman–Crippen LogP) is 3.64. The van der Waals surface area contributed by atoms with E-state index in [0.29, 0.717) is 18.0 Å². The van der Waals surface area contributed by atoms with E-state index in [9.17, 15) is 9.90 Å². The zero-order valence-corrected chi connectivity index (χ0v) is 18.9. The molecular weight excluding hydrogens is 392 g/mol. The molecule has 2 aromatic carbocycles. The van der Waals surface area contributed by atoms with Crippen LogP contribution >= 0.6 is 0 Å². The van der Waals surface area contributed by atoms with E-state index in [-0.39, 0.29) is 17.9 Å². The molecule has 1 aliphatic rings. The Hall–Kier alpha value is -2.57. The molecule has 3 rings (SSSR count). The molecule has 0 bridgehead atoms. The first-order valence-corrected chi connectivity index (χ1v) is 10.9. The number of hydrogen-bond donors (Lipinski definition) is 2. The summed E-state index contributed by atoms with van der Waals surface area (Å²) in [6.07, 6.45) is 1.33. The van der Waals surface area contributed by atoms with Crippen LogP contribution in [0.5, 0.6) is 11.5 Å². The summed E-state index contributed by atoms with van der Waals surface area (Å²) in [5.41, 5.74) is 3.02. The molecule has 2 unspecified atom stereocenters. The van der Waals surface area contributed by atoms with E-state index in [0.717, 1.165) is 42.6 Å². The summed E-state index contributed by atoms with van der Waals surface area (Å²) >= 11 is 0. The third kappa shape index (κ3) is 5.77. The van der Waals surface area contributed by atoms with Gasteiger partial charge in [-0.1, -0.05) is 30.3 Å². The molecule has 2 N–H and O–H groups in total. The van der Waals surface area contributed by atoms with Gasteiger partial charge in [0.15, 0.2) is 11.5 Å². The SMILES string of the molecule is COc1cc(C)c(C(C)NC(=O)CN2CCC(C(O)c3ccccc3)CC2)cc1OC. The number of aryl methyl sites for hydroxylation is 1. The topological polar surface area (TPSA) is 71.0 Å². The average Bonchev–Trinajstić information content (AvgIpc) is 2.79. The lowest BCUT2D eigenvalue weighted by atomic mass is 9.87. The minimum Gasteiger partial charge on any atom is -0.493 e.